The normalized spacial score (nSPS) is 12.5. The standard InChI is InChI=1S/C20H27N3O2/c1-16-8-10-19(11-9-16)25-13-12-22-20(21-2)23-14-18(15-24)17-6-4-3-5-7-17/h3-11,18,24H,12-15H2,1-2H3,(H2,21,22,23). The summed E-state index contributed by atoms with van der Waals surface area (Å²) in [6.45, 7) is 3.94. The highest BCUT2D eigenvalue weighted by Gasteiger charge is 2.10. The molecule has 0 fully saturated rings. The second kappa shape index (κ2) is 10.4. The quantitative estimate of drug-likeness (QED) is 0.392. The second-order valence-electron chi connectivity index (χ2n) is 5.83. The van der Waals surface area contributed by atoms with Crippen LogP contribution in [0.5, 0.6) is 5.75 Å². The molecule has 25 heavy (non-hydrogen) atoms. The Morgan fingerprint density at radius 2 is 1.80 bits per heavy atom. The Labute approximate surface area is 149 Å². The highest BCUT2D eigenvalue weighted by molar-refractivity contribution is 5.79. The van der Waals surface area contributed by atoms with Crippen LogP contribution in [0, 0.1) is 6.92 Å². The third kappa shape index (κ3) is 6.47. The van der Waals surface area contributed by atoms with Crippen molar-refractivity contribution in [2.45, 2.75) is 12.8 Å². The number of nitrogens with one attached hydrogen (secondary N) is 2. The highest BCUT2D eigenvalue weighted by atomic mass is 16.5. The van der Waals surface area contributed by atoms with Crippen LogP contribution in [0.15, 0.2) is 59.6 Å². The van der Waals surface area contributed by atoms with Gasteiger partial charge < -0.3 is 20.5 Å². The lowest BCUT2D eigenvalue weighted by Gasteiger charge is -2.18. The summed E-state index contributed by atoms with van der Waals surface area (Å²) in [5.74, 6) is 1.59. The Hall–Kier alpha value is -2.53. The maximum atomic E-state index is 9.60. The number of ether oxygens (including phenoxy) is 1. The number of guanidine groups is 1. The number of hydrogen-bond acceptors (Lipinski definition) is 3. The number of benzene rings is 2. The third-order valence-corrected chi connectivity index (χ3v) is 3.92. The summed E-state index contributed by atoms with van der Waals surface area (Å²) < 4.78 is 5.69. The van der Waals surface area contributed by atoms with E-state index in [1.54, 1.807) is 7.05 Å². The van der Waals surface area contributed by atoms with E-state index in [1.807, 2.05) is 54.6 Å². The van der Waals surface area contributed by atoms with Crippen LogP contribution in [-0.2, 0) is 0 Å². The molecule has 0 aliphatic rings. The molecular weight excluding hydrogens is 314 g/mol. The van der Waals surface area contributed by atoms with E-state index in [0.717, 1.165) is 11.3 Å². The molecule has 0 saturated carbocycles. The summed E-state index contributed by atoms with van der Waals surface area (Å²) in [5, 5.41) is 16.1. The van der Waals surface area contributed by atoms with E-state index in [2.05, 4.69) is 22.5 Å². The molecule has 5 nitrogen and oxygen atoms in total. The first-order chi connectivity index (χ1) is 12.2. The summed E-state index contributed by atoms with van der Waals surface area (Å²) >= 11 is 0. The van der Waals surface area contributed by atoms with Crippen LogP contribution in [-0.4, -0.2) is 44.4 Å². The largest absolute Gasteiger partial charge is 0.492 e. The van der Waals surface area contributed by atoms with Crippen LogP contribution in [0.3, 0.4) is 0 Å². The lowest BCUT2D eigenvalue weighted by molar-refractivity contribution is 0.265. The summed E-state index contributed by atoms with van der Waals surface area (Å²) in [4.78, 5) is 4.20. The first kappa shape index (κ1) is 18.8. The maximum Gasteiger partial charge on any atom is 0.191 e. The fourth-order valence-corrected chi connectivity index (χ4v) is 2.43. The predicted octanol–water partition coefficient (Wildman–Crippen LogP) is 2.31. The minimum Gasteiger partial charge on any atom is -0.492 e. The number of aliphatic hydroxyl groups excluding tert-OH is 1. The van der Waals surface area contributed by atoms with Crippen molar-refractivity contribution in [3.8, 4) is 5.75 Å². The lowest BCUT2D eigenvalue weighted by atomic mass is 10.0. The topological polar surface area (TPSA) is 65.9 Å². The molecule has 134 valence electrons. The zero-order valence-electron chi connectivity index (χ0n) is 14.9. The van der Waals surface area contributed by atoms with Gasteiger partial charge in [-0.25, -0.2) is 0 Å². The van der Waals surface area contributed by atoms with Gasteiger partial charge in [0.05, 0.1) is 13.2 Å². The molecule has 2 aromatic carbocycles. The minimum atomic E-state index is 0.0311. The van der Waals surface area contributed by atoms with Gasteiger partial charge in [-0.05, 0) is 24.6 Å². The van der Waals surface area contributed by atoms with Crippen LogP contribution >= 0.6 is 0 Å². The highest BCUT2D eigenvalue weighted by Crippen LogP contribution is 2.13. The minimum absolute atomic E-state index is 0.0311. The third-order valence-electron chi connectivity index (χ3n) is 3.92. The molecule has 1 unspecified atom stereocenters. The van der Waals surface area contributed by atoms with Gasteiger partial charge in [-0.2, -0.15) is 0 Å². The van der Waals surface area contributed by atoms with E-state index in [1.165, 1.54) is 5.56 Å². The molecule has 0 radical (unpaired) electrons. The average Bonchev–Trinajstić information content (AvgIpc) is 2.66. The van der Waals surface area contributed by atoms with Gasteiger partial charge >= 0.3 is 0 Å². The van der Waals surface area contributed by atoms with Crippen molar-refractivity contribution in [3.05, 3.63) is 65.7 Å². The van der Waals surface area contributed by atoms with E-state index in [9.17, 15) is 5.11 Å². The molecule has 0 saturated heterocycles. The molecule has 0 aliphatic carbocycles. The van der Waals surface area contributed by atoms with Gasteiger partial charge in [0.1, 0.15) is 12.4 Å². The fourth-order valence-electron chi connectivity index (χ4n) is 2.43. The molecule has 5 heteroatoms. The van der Waals surface area contributed by atoms with Crippen molar-refractivity contribution in [3.63, 3.8) is 0 Å². The number of aliphatic hydroxyl groups is 1. The average molecular weight is 341 g/mol. The van der Waals surface area contributed by atoms with Crippen molar-refractivity contribution >= 4 is 5.96 Å². The van der Waals surface area contributed by atoms with Gasteiger partial charge in [-0.15, -0.1) is 0 Å². The first-order valence-corrected chi connectivity index (χ1v) is 8.52. The lowest BCUT2D eigenvalue weighted by Crippen LogP contribution is -2.41. The maximum absolute atomic E-state index is 9.60. The van der Waals surface area contributed by atoms with Crippen LogP contribution in [0.1, 0.15) is 17.0 Å². The smallest absolute Gasteiger partial charge is 0.191 e. The molecule has 0 amide bonds. The molecule has 0 aliphatic heterocycles. The molecule has 3 N–H and O–H groups in total. The number of hydrogen-bond donors (Lipinski definition) is 3. The molecule has 0 bridgehead atoms. The predicted molar refractivity (Wildman–Crippen MR) is 102 cm³/mol. The van der Waals surface area contributed by atoms with Gasteiger partial charge in [0.15, 0.2) is 5.96 Å². The Bertz CT molecular complexity index is 642. The molecule has 0 heterocycles. The van der Waals surface area contributed by atoms with Crippen LogP contribution in [0.4, 0.5) is 0 Å². The van der Waals surface area contributed by atoms with Crippen molar-refractivity contribution in [2.24, 2.45) is 4.99 Å². The van der Waals surface area contributed by atoms with Gasteiger partial charge in [0.25, 0.3) is 0 Å². The van der Waals surface area contributed by atoms with E-state index in [0.29, 0.717) is 25.7 Å². The van der Waals surface area contributed by atoms with E-state index in [-0.39, 0.29) is 12.5 Å². The van der Waals surface area contributed by atoms with Gasteiger partial charge in [0, 0.05) is 19.5 Å². The van der Waals surface area contributed by atoms with Gasteiger partial charge in [-0.1, -0.05) is 48.0 Å². The van der Waals surface area contributed by atoms with Crippen molar-refractivity contribution < 1.29 is 9.84 Å². The summed E-state index contributed by atoms with van der Waals surface area (Å²) in [5.41, 5.74) is 2.32. The Morgan fingerprint density at radius 3 is 2.44 bits per heavy atom. The zero-order valence-corrected chi connectivity index (χ0v) is 14.9. The van der Waals surface area contributed by atoms with Gasteiger partial charge in [0.2, 0.25) is 0 Å². The summed E-state index contributed by atoms with van der Waals surface area (Å²) in [6, 6.07) is 18.0. The SMILES string of the molecule is CN=C(NCCOc1ccc(C)cc1)NCC(CO)c1ccccc1. The molecular formula is C20H27N3O2. The van der Waals surface area contributed by atoms with Crippen LogP contribution < -0.4 is 15.4 Å². The molecule has 2 aromatic rings. The molecule has 0 aromatic heterocycles. The summed E-state index contributed by atoms with van der Waals surface area (Å²) in [6.07, 6.45) is 0. The molecule has 0 spiro atoms. The Morgan fingerprint density at radius 1 is 1.08 bits per heavy atom. The summed E-state index contributed by atoms with van der Waals surface area (Å²) in [7, 11) is 1.73. The van der Waals surface area contributed by atoms with Gasteiger partial charge in [-0.3, -0.25) is 4.99 Å². The second-order valence-corrected chi connectivity index (χ2v) is 5.83. The van der Waals surface area contributed by atoms with Crippen LogP contribution in [0.25, 0.3) is 0 Å². The number of nitrogens with zero attached hydrogens (tertiary/aromatic N) is 1. The Balaban J connectivity index is 1.72. The monoisotopic (exact) mass is 341 g/mol. The first-order valence-electron chi connectivity index (χ1n) is 8.52. The molecule has 1 atom stereocenters. The fraction of sp³-hybridized carbons (Fsp3) is 0.350. The van der Waals surface area contributed by atoms with E-state index >= 15 is 0 Å². The molecule has 2 rings (SSSR count). The number of aryl methyl sites for hydroxylation is 1. The van der Waals surface area contributed by atoms with E-state index in [4.69, 9.17) is 4.74 Å². The number of rotatable bonds is 8. The van der Waals surface area contributed by atoms with Crippen LogP contribution in [0.2, 0.25) is 0 Å². The Kier molecular flexibility index (Phi) is 7.79. The van der Waals surface area contributed by atoms with E-state index < -0.39 is 0 Å². The number of aliphatic imine (C=N–C) groups is 1. The van der Waals surface area contributed by atoms with Crippen molar-refractivity contribution in [2.75, 3.05) is 33.4 Å². The van der Waals surface area contributed by atoms with Crippen molar-refractivity contribution in [1.29, 1.82) is 0 Å². The zero-order chi connectivity index (χ0) is 17.9. The van der Waals surface area contributed by atoms with Crippen molar-refractivity contribution in [1.82, 2.24) is 10.6 Å².